The minimum absolute atomic E-state index is 0.976. The quantitative estimate of drug-likeness (QED) is 0.741. The van der Waals surface area contributed by atoms with Crippen molar-refractivity contribution in [3.8, 4) is 0 Å². The van der Waals surface area contributed by atoms with Gasteiger partial charge in [-0.3, -0.25) is 0 Å². The molecule has 0 radical (unpaired) electrons. The zero-order valence-corrected chi connectivity index (χ0v) is 9.16. The first-order valence-corrected chi connectivity index (χ1v) is 5.81. The van der Waals surface area contributed by atoms with Crippen LogP contribution in [0, 0.1) is 6.92 Å². The lowest BCUT2D eigenvalue weighted by molar-refractivity contribution is -0.360. The average molecular weight is 207 g/mol. The Morgan fingerprint density at radius 1 is 1.36 bits per heavy atom. The lowest BCUT2D eigenvalue weighted by atomic mass is 10.2. The van der Waals surface area contributed by atoms with Crippen molar-refractivity contribution in [2.75, 3.05) is 12.3 Å². The van der Waals surface area contributed by atoms with Crippen LogP contribution in [0.2, 0.25) is 0 Å². The molecule has 74 valence electrons. The lowest BCUT2D eigenvalue weighted by Crippen LogP contribution is -2.51. The van der Waals surface area contributed by atoms with E-state index in [0.29, 0.717) is 0 Å². The predicted molar refractivity (Wildman–Crippen MR) is 61.5 cm³/mol. The molecule has 2 nitrogen and oxygen atoms in total. The number of H-pyrrole nitrogens is 1. The summed E-state index contributed by atoms with van der Waals surface area (Å²) in [7, 11) is 0. The van der Waals surface area contributed by atoms with Gasteiger partial charge in [0.25, 0.3) is 0 Å². The van der Waals surface area contributed by atoms with Crippen LogP contribution in [-0.4, -0.2) is 17.3 Å². The van der Waals surface area contributed by atoms with Crippen molar-refractivity contribution in [1.29, 1.82) is 0 Å². The Labute approximate surface area is 87.9 Å². The number of aryl methyl sites for hydroxylation is 1. The Morgan fingerprint density at radius 2 is 2.14 bits per heavy atom. The molecule has 1 heterocycles. The highest BCUT2D eigenvalue weighted by atomic mass is 32.2. The van der Waals surface area contributed by atoms with Gasteiger partial charge in [0.2, 0.25) is 0 Å². The molecule has 2 aromatic rings. The van der Waals surface area contributed by atoms with Gasteiger partial charge in [-0.15, -0.1) is 11.8 Å². The molecule has 0 spiro atoms. The Balaban J connectivity index is 2.45. The fraction of sp³-hybridized carbons (Fsp3) is 0.273. The minimum Gasteiger partial charge on any atom is -0.358 e. The van der Waals surface area contributed by atoms with E-state index in [-0.39, 0.29) is 0 Å². The Kier molecular flexibility index (Phi) is 2.79. The van der Waals surface area contributed by atoms with E-state index in [9.17, 15) is 0 Å². The summed E-state index contributed by atoms with van der Waals surface area (Å²) in [5, 5.41) is 1.34. The molecular weight excluding hydrogens is 192 g/mol. The molecule has 0 saturated carbocycles. The summed E-state index contributed by atoms with van der Waals surface area (Å²) >= 11 is 1.89. The number of rotatable bonds is 3. The second kappa shape index (κ2) is 4.07. The van der Waals surface area contributed by atoms with Gasteiger partial charge in [0.15, 0.2) is 0 Å². The van der Waals surface area contributed by atoms with Crippen molar-refractivity contribution < 1.29 is 5.73 Å². The van der Waals surface area contributed by atoms with E-state index < -0.39 is 0 Å². The molecule has 14 heavy (non-hydrogen) atoms. The Morgan fingerprint density at radius 3 is 2.93 bits per heavy atom. The maximum atomic E-state index is 3.86. The molecule has 0 aliphatic heterocycles. The average Bonchev–Trinajstić information content (AvgIpc) is 2.51. The second-order valence-electron chi connectivity index (χ2n) is 3.33. The summed E-state index contributed by atoms with van der Waals surface area (Å²) in [6.07, 6.45) is 0. The molecule has 0 amide bonds. The molecule has 3 heteroatoms. The monoisotopic (exact) mass is 207 g/mol. The van der Waals surface area contributed by atoms with Gasteiger partial charge in [0, 0.05) is 27.2 Å². The van der Waals surface area contributed by atoms with Crippen LogP contribution in [0.4, 0.5) is 0 Å². The first kappa shape index (κ1) is 9.62. The van der Waals surface area contributed by atoms with Crippen LogP contribution in [0.1, 0.15) is 5.69 Å². The molecule has 1 aromatic carbocycles. The summed E-state index contributed by atoms with van der Waals surface area (Å²) in [5.41, 5.74) is 6.36. The molecule has 0 aliphatic rings. The van der Waals surface area contributed by atoms with Gasteiger partial charge >= 0.3 is 0 Å². The fourth-order valence-electron chi connectivity index (χ4n) is 1.61. The summed E-state index contributed by atoms with van der Waals surface area (Å²) < 4.78 is 0. The van der Waals surface area contributed by atoms with E-state index in [1.807, 2.05) is 11.8 Å². The van der Waals surface area contributed by atoms with Crippen LogP contribution < -0.4 is 5.73 Å². The Bertz CT molecular complexity index is 434. The van der Waals surface area contributed by atoms with Crippen molar-refractivity contribution in [1.82, 2.24) is 4.98 Å². The van der Waals surface area contributed by atoms with Crippen LogP contribution >= 0.6 is 11.8 Å². The maximum absolute atomic E-state index is 3.86. The lowest BCUT2D eigenvalue weighted by Gasteiger charge is -1.97. The number of hydrogen-bond donors (Lipinski definition) is 2. The molecule has 0 aliphatic carbocycles. The van der Waals surface area contributed by atoms with Crippen LogP contribution in [0.25, 0.3) is 10.9 Å². The van der Waals surface area contributed by atoms with E-state index >= 15 is 0 Å². The fourth-order valence-corrected chi connectivity index (χ4v) is 2.56. The molecular formula is C11H15N2S+. The van der Waals surface area contributed by atoms with Crippen molar-refractivity contribution >= 4 is 22.7 Å². The number of fused-ring (bicyclic) bond motifs is 1. The first-order valence-electron chi connectivity index (χ1n) is 4.82. The molecule has 1 aromatic heterocycles. The number of aromatic nitrogens is 1. The zero-order chi connectivity index (χ0) is 9.97. The maximum Gasteiger partial charge on any atom is 0.0835 e. The smallest absolute Gasteiger partial charge is 0.0835 e. The summed E-state index contributed by atoms with van der Waals surface area (Å²) in [4.78, 5) is 4.77. The zero-order valence-electron chi connectivity index (χ0n) is 8.34. The van der Waals surface area contributed by atoms with Gasteiger partial charge in [0.05, 0.1) is 6.54 Å². The minimum atomic E-state index is 0.976. The standard InChI is InChI=1S/C11H14N2S/c1-8-11(14-7-6-12)9-4-2-3-5-10(9)13-8/h2-5,13H,6-7,12H2,1H3/p+1. The van der Waals surface area contributed by atoms with E-state index in [2.05, 4.69) is 41.9 Å². The largest absolute Gasteiger partial charge is 0.358 e. The number of para-hydroxylation sites is 1. The number of benzene rings is 1. The highest BCUT2D eigenvalue weighted by Crippen LogP contribution is 2.30. The van der Waals surface area contributed by atoms with Crippen molar-refractivity contribution in [3.05, 3.63) is 30.0 Å². The molecule has 0 unspecified atom stereocenters. The van der Waals surface area contributed by atoms with Crippen molar-refractivity contribution in [3.63, 3.8) is 0 Å². The third-order valence-electron chi connectivity index (χ3n) is 2.23. The van der Waals surface area contributed by atoms with E-state index in [1.54, 1.807) is 0 Å². The van der Waals surface area contributed by atoms with Gasteiger partial charge in [-0.05, 0) is 13.0 Å². The van der Waals surface area contributed by atoms with Crippen LogP contribution in [0.5, 0.6) is 0 Å². The highest BCUT2D eigenvalue weighted by molar-refractivity contribution is 7.99. The number of aromatic amines is 1. The number of quaternary nitrogens is 1. The predicted octanol–water partition coefficient (Wildman–Crippen LogP) is 1.81. The molecule has 0 atom stereocenters. The van der Waals surface area contributed by atoms with Gasteiger partial charge < -0.3 is 10.7 Å². The van der Waals surface area contributed by atoms with Crippen molar-refractivity contribution in [2.45, 2.75) is 11.8 Å². The van der Waals surface area contributed by atoms with Crippen LogP contribution in [0.3, 0.4) is 0 Å². The van der Waals surface area contributed by atoms with Gasteiger partial charge in [-0.25, -0.2) is 0 Å². The second-order valence-corrected chi connectivity index (χ2v) is 4.43. The van der Waals surface area contributed by atoms with E-state index in [1.165, 1.54) is 21.5 Å². The molecule has 0 bridgehead atoms. The molecule has 0 fully saturated rings. The van der Waals surface area contributed by atoms with E-state index in [0.717, 1.165) is 12.3 Å². The number of hydrogen-bond acceptors (Lipinski definition) is 1. The topological polar surface area (TPSA) is 43.4 Å². The normalized spacial score (nSPS) is 11.0. The molecule has 2 rings (SSSR count). The third kappa shape index (κ3) is 1.65. The SMILES string of the molecule is Cc1[nH]c2ccccc2c1SCC[NH3+]. The summed E-state index contributed by atoms with van der Waals surface area (Å²) in [5.74, 6) is 1.09. The van der Waals surface area contributed by atoms with Gasteiger partial charge in [0.1, 0.15) is 0 Å². The first-order chi connectivity index (χ1) is 6.83. The Hall–Kier alpha value is -0.930. The van der Waals surface area contributed by atoms with E-state index in [4.69, 9.17) is 0 Å². The third-order valence-corrected chi connectivity index (χ3v) is 3.53. The summed E-state index contributed by atoms with van der Waals surface area (Å²) in [6.45, 7) is 3.11. The van der Waals surface area contributed by atoms with Crippen LogP contribution in [0.15, 0.2) is 29.2 Å². The summed E-state index contributed by atoms with van der Waals surface area (Å²) in [6, 6.07) is 8.44. The highest BCUT2D eigenvalue weighted by Gasteiger charge is 2.07. The van der Waals surface area contributed by atoms with Crippen LogP contribution in [-0.2, 0) is 0 Å². The number of thioether (sulfide) groups is 1. The molecule has 0 saturated heterocycles. The number of nitrogens with one attached hydrogen (secondary N) is 1. The van der Waals surface area contributed by atoms with Gasteiger partial charge in [-0.2, -0.15) is 0 Å². The van der Waals surface area contributed by atoms with Gasteiger partial charge in [-0.1, -0.05) is 18.2 Å². The molecule has 4 N–H and O–H groups in total. The van der Waals surface area contributed by atoms with Crippen molar-refractivity contribution in [2.24, 2.45) is 0 Å².